The van der Waals surface area contributed by atoms with Gasteiger partial charge in [-0.15, -0.1) is 0 Å². The fourth-order valence-electron chi connectivity index (χ4n) is 3.66. The van der Waals surface area contributed by atoms with Crippen LogP contribution < -0.4 is 18.9 Å². The van der Waals surface area contributed by atoms with E-state index in [1.807, 2.05) is 17.0 Å². The number of pyridine rings is 1. The highest BCUT2D eigenvalue weighted by Crippen LogP contribution is 2.38. The molecule has 1 aromatic carbocycles. The summed E-state index contributed by atoms with van der Waals surface area (Å²) in [4.78, 5) is 21.2. The van der Waals surface area contributed by atoms with Crippen LogP contribution in [0.15, 0.2) is 30.5 Å². The number of aromatic nitrogens is 1. The van der Waals surface area contributed by atoms with Crippen LogP contribution in [0.25, 0.3) is 0 Å². The number of ether oxygens (including phenoxy) is 4. The zero-order valence-corrected chi connectivity index (χ0v) is 16.7. The minimum Gasteiger partial charge on any atom is -0.496 e. The highest BCUT2D eigenvalue weighted by molar-refractivity contribution is 5.94. The predicted octanol–water partition coefficient (Wildman–Crippen LogP) is 2.18. The number of fused-ring (bicyclic) bond motifs is 1. The third kappa shape index (κ3) is 4.22. The summed E-state index contributed by atoms with van der Waals surface area (Å²) in [6, 6.07) is 7.33. The molecule has 2 aromatic rings. The molecule has 8 nitrogen and oxygen atoms in total. The second kappa shape index (κ2) is 8.57. The molecule has 3 heterocycles. The number of carbonyl (C=O) groups is 1. The molecule has 2 aliphatic heterocycles. The largest absolute Gasteiger partial charge is 0.496 e. The standard InChI is InChI=1S/C21H25N3O5/c1-26-17-11-19-18(28-14-29-19)10-16(17)13-23-6-3-7-24(9-8-23)21(25)15-4-5-20(27-2)22-12-15/h4-5,10-12H,3,6-9,13-14H2,1-2H3. The van der Waals surface area contributed by atoms with Crippen molar-refractivity contribution in [3.05, 3.63) is 41.6 Å². The lowest BCUT2D eigenvalue weighted by Crippen LogP contribution is -2.35. The van der Waals surface area contributed by atoms with Gasteiger partial charge in [-0.1, -0.05) is 0 Å². The van der Waals surface area contributed by atoms with Gasteiger partial charge in [-0.2, -0.15) is 0 Å². The third-order valence-corrected chi connectivity index (χ3v) is 5.24. The van der Waals surface area contributed by atoms with Crippen molar-refractivity contribution in [2.45, 2.75) is 13.0 Å². The summed E-state index contributed by atoms with van der Waals surface area (Å²) in [6.07, 6.45) is 2.48. The summed E-state index contributed by atoms with van der Waals surface area (Å²) in [5, 5.41) is 0. The van der Waals surface area contributed by atoms with Gasteiger partial charge in [0.1, 0.15) is 5.75 Å². The van der Waals surface area contributed by atoms with Crippen molar-refractivity contribution in [2.75, 3.05) is 47.2 Å². The SMILES string of the molecule is COc1ccc(C(=O)N2CCCN(Cc3cc4c(cc3OC)OCO4)CC2)cn1. The quantitative estimate of drug-likeness (QED) is 0.763. The predicted molar refractivity (Wildman–Crippen MR) is 106 cm³/mol. The lowest BCUT2D eigenvalue weighted by Gasteiger charge is -2.23. The Hall–Kier alpha value is -3.00. The molecule has 1 saturated heterocycles. The molecular formula is C21H25N3O5. The number of hydrogen-bond acceptors (Lipinski definition) is 7. The maximum Gasteiger partial charge on any atom is 0.255 e. The molecule has 0 N–H and O–H groups in total. The number of hydrogen-bond donors (Lipinski definition) is 0. The Morgan fingerprint density at radius 2 is 1.90 bits per heavy atom. The van der Waals surface area contributed by atoms with Crippen molar-refractivity contribution in [3.8, 4) is 23.1 Å². The van der Waals surface area contributed by atoms with E-state index in [1.54, 1.807) is 32.5 Å². The van der Waals surface area contributed by atoms with Crippen molar-refractivity contribution in [1.82, 2.24) is 14.8 Å². The lowest BCUT2D eigenvalue weighted by atomic mass is 10.1. The Morgan fingerprint density at radius 1 is 1.07 bits per heavy atom. The fraction of sp³-hybridized carbons (Fsp3) is 0.429. The van der Waals surface area contributed by atoms with Crippen LogP contribution in [0.2, 0.25) is 0 Å². The van der Waals surface area contributed by atoms with Crippen LogP contribution in [0.4, 0.5) is 0 Å². The number of benzene rings is 1. The Kier molecular flexibility index (Phi) is 5.71. The van der Waals surface area contributed by atoms with Crippen LogP contribution in [-0.2, 0) is 6.54 Å². The van der Waals surface area contributed by atoms with E-state index in [0.29, 0.717) is 23.7 Å². The van der Waals surface area contributed by atoms with Gasteiger partial charge in [0.15, 0.2) is 11.5 Å². The summed E-state index contributed by atoms with van der Waals surface area (Å²) in [6.45, 7) is 4.04. The first-order valence-corrected chi connectivity index (χ1v) is 9.66. The van der Waals surface area contributed by atoms with Crippen molar-refractivity contribution >= 4 is 5.91 Å². The number of amides is 1. The van der Waals surface area contributed by atoms with Crippen LogP contribution in [0.1, 0.15) is 22.3 Å². The molecular weight excluding hydrogens is 374 g/mol. The van der Waals surface area contributed by atoms with Crippen molar-refractivity contribution < 1.29 is 23.7 Å². The molecule has 1 amide bonds. The minimum absolute atomic E-state index is 0.00247. The summed E-state index contributed by atoms with van der Waals surface area (Å²) in [7, 11) is 3.22. The summed E-state index contributed by atoms with van der Waals surface area (Å²) in [5.41, 5.74) is 1.63. The highest BCUT2D eigenvalue weighted by Gasteiger charge is 2.23. The molecule has 4 rings (SSSR count). The lowest BCUT2D eigenvalue weighted by molar-refractivity contribution is 0.0760. The zero-order valence-electron chi connectivity index (χ0n) is 16.7. The fourth-order valence-corrected chi connectivity index (χ4v) is 3.66. The average Bonchev–Trinajstić information content (AvgIpc) is 3.09. The van der Waals surface area contributed by atoms with Gasteiger partial charge in [-0.25, -0.2) is 4.98 Å². The normalized spacial score (nSPS) is 16.4. The van der Waals surface area contributed by atoms with Crippen molar-refractivity contribution in [3.63, 3.8) is 0 Å². The van der Waals surface area contributed by atoms with Gasteiger partial charge in [0.05, 0.1) is 19.8 Å². The molecule has 1 aromatic heterocycles. The molecule has 154 valence electrons. The molecule has 29 heavy (non-hydrogen) atoms. The second-order valence-electron chi connectivity index (χ2n) is 7.03. The molecule has 0 aliphatic carbocycles. The molecule has 0 spiro atoms. The van der Waals surface area contributed by atoms with Crippen LogP contribution in [0.5, 0.6) is 23.1 Å². The molecule has 1 fully saturated rings. The Labute approximate surface area is 169 Å². The molecule has 0 radical (unpaired) electrons. The average molecular weight is 399 g/mol. The van der Waals surface area contributed by atoms with Crippen molar-refractivity contribution in [1.29, 1.82) is 0 Å². The number of rotatable bonds is 5. The maximum atomic E-state index is 12.8. The molecule has 0 unspecified atom stereocenters. The van der Waals surface area contributed by atoms with E-state index in [1.165, 1.54) is 0 Å². The first-order chi connectivity index (χ1) is 14.2. The molecule has 0 saturated carbocycles. The Morgan fingerprint density at radius 3 is 2.62 bits per heavy atom. The topological polar surface area (TPSA) is 73.4 Å². The molecule has 2 aliphatic rings. The Bertz CT molecular complexity index is 871. The van der Waals surface area contributed by atoms with E-state index in [2.05, 4.69) is 9.88 Å². The third-order valence-electron chi connectivity index (χ3n) is 5.24. The zero-order chi connectivity index (χ0) is 20.2. The van der Waals surface area contributed by atoms with Gasteiger partial charge in [-0.05, 0) is 18.6 Å². The van der Waals surface area contributed by atoms with E-state index in [0.717, 1.165) is 49.7 Å². The first-order valence-electron chi connectivity index (χ1n) is 9.66. The Balaban J connectivity index is 1.41. The van der Waals surface area contributed by atoms with E-state index in [9.17, 15) is 4.79 Å². The molecule has 8 heteroatoms. The molecule has 0 bridgehead atoms. The first kappa shape index (κ1) is 19.3. The van der Waals surface area contributed by atoms with Gasteiger partial charge in [-0.3, -0.25) is 9.69 Å². The van der Waals surface area contributed by atoms with E-state index >= 15 is 0 Å². The summed E-state index contributed by atoms with van der Waals surface area (Å²) >= 11 is 0. The van der Waals surface area contributed by atoms with Crippen LogP contribution in [0, 0.1) is 0 Å². The summed E-state index contributed by atoms with van der Waals surface area (Å²) in [5.74, 6) is 2.76. The van der Waals surface area contributed by atoms with Crippen LogP contribution in [0.3, 0.4) is 0 Å². The smallest absolute Gasteiger partial charge is 0.255 e. The van der Waals surface area contributed by atoms with Gasteiger partial charge < -0.3 is 23.8 Å². The number of nitrogens with zero attached hydrogens (tertiary/aromatic N) is 3. The second-order valence-corrected chi connectivity index (χ2v) is 7.03. The highest BCUT2D eigenvalue weighted by atomic mass is 16.7. The van der Waals surface area contributed by atoms with E-state index in [-0.39, 0.29) is 12.7 Å². The minimum atomic E-state index is 0.00247. The maximum absolute atomic E-state index is 12.8. The van der Waals surface area contributed by atoms with E-state index in [4.69, 9.17) is 18.9 Å². The van der Waals surface area contributed by atoms with Gasteiger partial charge in [0, 0.05) is 56.6 Å². The van der Waals surface area contributed by atoms with Crippen LogP contribution >= 0.6 is 0 Å². The van der Waals surface area contributed by atoms with Gasteiger partial charge in [0.2, 0.25) is 12.7 Å². The van der Waals surface area contributed by atoms with Gasteiger partial charge >= 0.3 is 0 Å². The number of carbonyl (C=O) groups excluding carboxylic acids is 1. The number of methoxy groups -OCH3 is 2. The van der Waals surface area contributed by atoms with Crippen molar-refractivity contribution in [2.24, 2.45) is 0 Å². The summed E-state index contributed by atoms with van der Waals surface area (Å²) < 4.78 is 21.5. The molecule has 0 atom stereocenters. The van der Waals surface area contributed by atoms with Gasteiger partial charge in [0.25, 0.3) is 5.91 Å². The van der Waals surface area contributed by atoms with Crippen LogP contribution in [-0.4, -0.2) is 67.9 Å². The van der Waals surface area contributed by atoms with E-state index < -0.39 is 0 Å². The monoisotopic (exact) mass is 399 g/mol.